The minimum absolute atomic E-state index is 0.0539. The Morgan fingerprint density at radius 2 is 1.72 bits per heavy atom. The van der Waals surface area contributed by atoms with Crippen molar-refractivity contribution in [3.8, 4) is 0 Å². The van der Waals surface area contributed by atoms with Gasteiger partial charge < -0.3 is 10.6 Å². The first-order valence-electron chi connectivity index (χ1n) is 8.92. The quantitative estimate of drug-likeness (QED) is 0.851. The standard InChI is InChI=1S/C20H22N2O2S/c1-12-2-9-17-14(10-12)11-18(25-17)20(24)22-16-7-5-15(6-8-16)21-19(23)13-3-4-13/h5-8,11-13H,2-4,9-10H2,1H3,(H,21,23)(H,22,24). The summed E-state index contributed by atoms with van der Waals surface area (Å²) in [5.41, 5.74) is 2.86. The second kappa shape index (κ2) is 6.64. The number of aryl methyl sites for hydroxylation is 1. The number of carbonyl (C=O) groups excluding carboxylic acids is 2. The smallest absolute Gasteiger partial charge is 0.265 e. The molecule has 1 heterocycles. The Morgan fingerprint density at radius 3 is 2.40 bits per heavy atom. The molecule has 1 fully saturated rings. The summed E-state index contributed by atoms with van der Waals surface area (Å²) in [6, 6.07) is 9.37. The Labute approximate surface area is 151 Å². The summed E-state index contributed by atoms with van der Waals surface area (Å²) >= 11 is 1.62. The zero-order valence-corrected chi connectivity index (χ0v) is 15.1. The predicted molar refractivity (Wildman–Crippen MR) is 101 cm³/mol. The molecular formula is C20H22N2O2S. The van der Waals surface area contributed by atoms with Crippen LogP contribution in [0.2, 0.25) is 0 Å². The van der Waals surface area contributed by atoms with Gasteiger partial charge >= 0.3 is 0 Å². The Morgan fingerprint density at radius 1 is 1.04 bits per heavy atom. The summed E-state index contributed by atoms with van der Waals surface area (Å²) in [4.78, 5) is 26.4. The molecule has 1 atom stereocenters. The van der Waals surface area contributed by atoms with Crippen molar-refractivity contribution in [1.29, 1.82) is 0 Å². The maximum Gasteiger partial charge on any atom is 0.265 e. The summed E-state index contributed by atoms with van der Waals surface area (Å²) in [5, 5.41) is 5.86. The van der Waals surface area contributed by atoms with Crippen LogP contribution in [-0.2, 0) is 17.6 Å². The molecule has 4 rings (SSSR count). The third kappa shape index (κ3) is 3.76. The maximum atomic E-state index is 12.5. The van der Waals surface area contributed by atoms with Gasteiger partial charge in [0.1, 0.15) is 0 Å². The predicted octanol–water partition coefficient (Wildman–Crippen LogP) is 4.47. The lowest BCUT2D eigenvalue weighted by molar-refractivity contribution is -0.117. The van der Waals surface area contributed by atoms with E-state index in [-0.39, 0.29) is 17.7 Å². The fourth-order valence-electron chi connectivity index (χ4n) is 3.24. The van der Waals surface area contributed by atoms with Crippen LogP contribution in [0.25, 0.3) is 0 Å². The summed E-state index contributed by atoms with van der Waals surface area (Å²) in [6.45, 7) is 2.27. The van der Waals surface area contributed by atoms with E-state index in [0.717, 1.165) is 41.9 Å². The zero-order valence-electron chi connectivity index (χ0n) is 14.3. The van der Waals surface area contributed by atoms with E-state index >= 15 is 0 Å². The topological polar surface area (TPSA) is 58.2 Å². The molecule has 2 amide bonds. The van der Waals surface area contributed by atoms with Crippen LogP contribution in [-0.4, -0.2) is 11.8 Å². The average Bonchev–Trinajstić information content (AvgIpc) is 3.36. The SMILES string of the molecule is CC1CCc2sc(C(=O)Nc3ccc(NC(=O)C4CC4)cc3)cc2C1. The summed E-state index contributed by atoms with van der Waals surface area (Å²) < 4.78 is 0. The molecule has 1 unspecified atom stereocenters. The Hall–Kier alpha value is -2.14. The first-order valence-corrected chi connectivity index (χ1v) is 9.74. The molecule has 2 aliphatic rings. The molecule has 130 valence electrons. The Kier molecular flexibility index (Phi) is 4.34. The van der Waals surface area contributed by atoms with Crippen molar-refractivity contribution in [2.75, 3.05) is 10.6 Å². The third-order valence-corrected chi connectivity index (χ3v) is 6.15. The number of fused-ring (bicyclic) bond motifs is 1. The molecule has 1 aromatic heterocycles. The van der Waals surface area contributed by atoms with Crippen molar-refractivity contribution in [3.63, 3.8) is 0 Å². The maximum absolute atomic E-state index is 12.5. The molecule has 2 aliphatic carbocycles. The number of benzene rings is 1. The van der Waals surface area contributed by atoms with E-state index in [1.807, 2.05) is 24.3 Å². The number of hydrogen-bond donors (Lipinski definition) is 2. The molecule has 0 aliphatic heterocycles. The molecule has 5 heteroatoms. The molecule has 0 bridgehead atoms. The molecule has 4 nitrogen and oxygen atoms in total. The number of hydrogen-bond acceptors (Lipinski definition) is 3. The van der Waals surface area contributed by atoms with Gasteiger partial charge in [0.2, 0.25) is 5.91 Å². The lowest BCUT2D eigenvalue weighted by Crippen LogP contribution is -2.13. The Bertz CT molecular complexity index is 806. The lowest BCUT2D eigenvalue weighted by atomic mass is 9.90. The van der Waals surface area contributed by atoms with Crippen molar-refractivity contribution >= 4 is 34.5 Å². The van der Waals surface area contributed by atoms with Gasteiger partial charge in [-0.25, -0.2) is 0 Å². The highest BCUT2D eigenvalue weighted by molar-refractivity contribution is 7.14. The van der Waals surface area contributed by atoms with Crippen molar-refractivity contribution in [2.24, 2.45) is 11.8 Å². The van der Waals surface area contributed by atoms with Crippen LogP contribution >= 0.6 is 11.3 Å². The molecule has 25 heavy (non-hydrogen) atoms. The van der Waals surface area contributed by atoms with E-state index in [9.17, 15) is 9.59 Å². The van der Waals surface area contributed by atoms with Gasteiger partial charge in [0.15, 0.2) is 0 Å². The molecule has 1 saturated carbocycles. The molecule has 0 radical (unpaired) electrons. The number of nitrogens with one attached hydrogen (secondary N) is 2. The summed E-state index contributed by atoms with van der Waals surface area (Å²) in [6.07, 6.45) is 5.36. The van der Waals surface area contributed by atoms with Crippen LogP contribution in [0, 0.1) is 11.8 Å². The van der Waals surface area contributed by atoms with Crippen LogP contribution in [0.4, 0.5) is 11.4 Å². The van der Waals surface area contributed by atoms with Crippen molar-refractivity contribution < 1.29 is 9.59 Å². The normalized spacial score (nSPS) is 19.2. The van der Waals surface area contributed by atoms with Gasteiger partial charge in [0.05, 0.1) is 4.88 Å². The molecule has 1 aromatic carbocycles. The van der Waals surface area contributed by atoms with Crippen LogP contribution in [0.15, 0.2) is 30.3 Å². The van der Waals surface area contributed by atoms with Crippen molar-refractivity contribution in [3.05, 3.63) is 45.6 Å². The highest BCUT2D eigenvalue weighted by atomic mass is 32.1. The van der Waals surface area contributed by atoms with Crippen molar-refractivity contribution in [1.82, 2.24) is 0 Å². The molecule has 0 saturated heterocycles. The number of amides is 2. The van der Waals surface area contributed by atoms with E-state index in [4.69, 9.17) is 0 Å². The average molecular weight is 354 g/mol. The van der Waals surface area contributed by atoms with E-state index < -0.39 is 0 Å². The van der Waals surface area contributed by atoms with Crippen LogP contribution in [0.5, 0.6) is 0 Å². The van der Waals surface area contributed by atoms with Gasteiger partial charge in [-0.05, 0) is 73.9 Å². The first-order chi connectivity index (χ1) is 12.1. The third-order valence-electron chi connectivity index (χ3n) is 4.91. The highest BCUT2D eigenvalue weighted by Crippen LogP contribution is 2.33. The number of anilines is 2. The van der Waals surface area contributed by atoms with Gasteiger partial charge in [0, 0.05) is 22.2 Å². The van der Waals surface area contributed by atoms with E-state index in [1.54, 1.807) is 11.3 Å². The van der Waals surface area contributed by atoms with Crippen molar-refractivity contribution in [2.45, 2.75) is 39.0 Å². The van der Waals surface area contributed by atoms with Gasteiger partial charge in [0.25, 0.3) is 5.91 Å². The largest absolute Gasteiger partial charge is 0.326 e. The molecule has 0 spiro atoms. The minimum Gasteiger partial charge on any atom is -0.326 e. The van der Waals surface area contributed by atoms with Gasteiger partial charge in [-0.2, -0.15) is 0 Å². The fourth-order valence-corrected chi connectivity index (χ4v) is 4.34. The Balaban J connectivity index is 1.39. The number of rotatable bonds is 4. The number of thiophene rings is 1. The summed E-state index contributed by atoms with van der Waals surface area (Å²) in [5.74, 6) is 0.931. The second-order valence-electron chi connectivity index (χ2n) is 7.20. The van der Waals surface area contributed by atoms with Crippen LogP contribution in [0.1, 0.15) is 46.3 Å². The van der Waals surface area contributed by atoms with E-state index in [2.05, 4.69) is 23.6 Å². The zero-order chi connectivity index (χ0) is 17.4. The summed E-state index contributed by atoms with van der Waals surface area (Å²) in [7, 11) is 0. The van der Waals surface area contributed by atoms with E-state index in [1.165, 1.54) is 16.9 Å². The van der Waals surface area contributed by atoms with Crippen LogP contribution in [0.3, 0.4) is 0 Å². The van der Waals surface area contributed by atoms with E-state index in [0.29, 0.717) is 5.92 Å². The molecule has 2 aromatic rings. The molecule has 2 N–H and O–H groups in total. The molecular weight excluding hydrogens is 332 g/mol. The highest BCUT2D eigenvalue weighted by Gasteiger charge is 2.29. The fraction of sp³-hybridized carbons (Fsp3) is 0.400. The van der Waals surface area contributed by atoms with Crippen LogP contribution < -0.4 is 10.6 Å². The van der Waals surface area contributed by atoms with Gasteiger partial charge in [-0.15, -0.1) is 11.3 Å². The van der Waals surface area contributed by atoms with Gasteiger partial charge in [-0.3, -0.25) is 9.59 Å². The second-order valence-corrected chi connectivity index (χ2v) is 8.34. The first kappa shape index (κ1) is 16.3. The van der Waals surface area contributed by atoms with Gasteiger partial charge in [-0.1, -0.05) is 6.92 Å². The minimum atomic E-state index is -0.0539. The number of carbonyl (C=O) groups is 2. The lowest BCUT2D eigenvalue weighted by Gasteiger charge is -2.16. The monoisotopic (exact) mass is 354 g/mol.